The molecule has 0 unspecified atom stereocenters. The number of hydrogen-bond donors (Lipinski definition) is 1. The molecule has 110 valence electrons. The van der Waals surface area contributed by atoms with Crippen LogP contribution in [0.5, 0.6) is 0 Å². The predicted molar refractivity (Wildman–Crippen MR) is 73.9 cm³/mol. The molecule has 1 amide bonds. The van der Waals surface area contributed by atoms with Gasteiger partial charge in [0, 0.05) is 38.9 Å². The Morgan fingerprint density at radius 1 is 1.60 bits per heavy atom. The third-order valence-corrected chi connectivity index (χ3v) is 4.34. The summed E-state index contributed by atoms with van der Waals surface area (Å²) in [6.45, 7) is 2.89. The lowest BCUT2D eigenvalue weighted by atomic mass is 9.91. The molecule has 6 heteroatoms. The van der Waals surface area contributed by atoms with Gasteiger partial charge in [-0.1, -0.05) is 0 Å². The molecule has 3 heterocycles. The van der Waals surface area contributed by atoms with Crippen molar-refractivity contribution in [3.05, 3.63) is 18.0 Å². The van der Waals surface area contributed by atoms with E-state index in [-0.39, 0.29) is 18.1 Å². The smallest absolute Gasteiger partial charge is 0.248 e. The van der Waals surface area contributed by atoms with E-state index in [1.165, 1.54) is 5.56 Å². The fourth-order valence-corrected chi connectivity index (χ4v) is 3.28. The highest BCUT2D eigenvalue weighted by molar-refractivity contribution is 5.80. The summed E-state index contributed by atoms with van der Waals surface area (Å²) in [4.78, 5) is 14.1. The SMILES string of the molecule is CNC(=O)[C@@H]1C[C@@H]2CCN(Cc3cnn(C)c3)C[C@H]2O1. The lowest BCUT2D eigenvalue weighted by Crippen LogP contribution is -2.42. The Kier molecular flexibility index (Phi) is 3.76. The molecule has 0 bridgehead atoms. The zero-order valence-electron chi connectivity index (χ0n) is 12.1. The van der Waals surface area contributed by atoms with E-state index < -0.39 is 0 Å². The quantitative estimate of drug-likeness (QED) is 0.855. The second kappa shape index (κ2) is 5.54. The molecule has 0 saturated carbocycles. The van der Waals surface area contributed by atoms with Crippen molar-refractivity contribution in [1.29, 1.82) is 0 Å². The Labute approximate surface area is 119 Å². The van der Waals surface area contributed by atoms with Gasteiger partial charge in [0.2, 0.25) is 5.91 Å². The van der Waals surface area contributed by atoms with Crippen molar-refractivity contribution in [3.63, 3.8) is 0 Å². The molecule has 6 nitrogen and oxygen atoms in total. The number of hydrogen-bond acceptors (Lipinski definition) is 4. The Morgan fingerprint density at radius 2 is 2.45 bits per heavy atom. The Balaban J connectivity index is 1.57. The van der Waals surface area contributed by atoms with Crippen molar-refractivity contribution in [1.82, 2.24) is 20.0 Å². The highest BCUT2D eigenvalue weighted by atomic mass is 16.5. The molecular formula is C14H22N4O2. The van der Waals surface area contributed by atoms with Crippen LogP contribution in [0.15, 0.2) is 12.4 Å². The maximum atomic E-state index is 11.7. The van der Waals surface area contributed by atoms with Crippen LogP contribution in [0.2, 0.25) is 0 Å². The fraction of sp³-hybridized carbons (Fsp3) is 0.714. The number of likely N-dealkylation sites (tertiary alicyclic amines) is 1. The van der Waals surface area contributed by atoms with E-state index in [0.717, 1.165) is 32.5 Å². The maximum absolute atomic E-state index is 11.7. The van der Waals surface area contributed by atoms with Crippen LogP contribution in [0, 0.1) is 5.92 Å². The zero-order chi connectivity index (χ0) is 14.1. The molecule has 1 aromatic rings. The lowest BCUT2D eigenvalue weighted by molar-refractivity contribution is -0.132. The zero-order valence-corrected chi connectivity index (χ0v) is 12.1. The molecule has 0 spiro atoms. The standard InChI is InChI=1S/C14H22N4O2/c1-15-14(19)12-5-11-3-4-18(9-13(11)20-12)8-10-6-16-17(2)7-10/h6-7,11-13H,3-5,8-9H2,1-2H3,(H,15,19)/t11-,12-,13+/m0/s1. The first-order valence-electron chi connectivity index (χ1n) is 7.22. The van der Waals surface area contributed by atoms with Crippen LogP contribution >= 0.6 is 0 Å². The van der Waals surface area contributed by atoms with E-state index in [2.05, 4.69) is 21.5 Å². The highest BCUT2D eigenvalue weighted by Gasteiger charge is 2.41. The van der Waals surface area contributed by atoms with Crippen LogP contribution in [0.25, 0.3) is 0 Å². The Morgan fingerprint density at radius 3 is 3.15 bits per heavy atom. The van der Waals surface area contributed by atoms with Crippen molar-refractivity contribution in [2.45, 2.75) is 31.6 Å². The van der Waals surface area contributed by atoms with Crippen molar-refractivity contribution in [3.8, 4) is 0 Å². The molecule has 3 atom stereocenters. The minimum atomic E-state index is -0.256. The largest absolute Gasteiger partial charge is 0.364 e. The van der Waals surface area contributed by atoms with Gasteiger partial charge in [0.05, 0.1) is 12.3 Å². The molecule has 0 aromatic carbocycles. The molecule has 3 rings (SSSR count). The van der Waals surface area contributed by atoms with Gasteiger partial charge in [-0.3, -0.25) is 14.4 Å². The van der Waals surface area contributed by atoms with Crippen molar-refractivity contribution in [2.24, 2.45) is 13.0 Å². The van der Waals surface area contributed by atoms with Crippen molar-refractivity contribution >= 4 is 5.91 Å². The minimum Gasteiger partial charge on any atom is -0.364 e. The van der Waals surface area contributed by atoms with Gasteiger partial charge in [-0.05, 0) is 25.3 Å². The summed E-state index contributed by atoms with van der Waals surface area (Å²) in [7, 11) is 3.60. The molecule has 0 aliphatic carbocycles. The van der Waals surface area contributed by atoms with E-state index in [0.29, 0.717) is 5.92 Å². The number of rotatable bonds is 3. The van der Waals surface area contributed by atoms with Crippen LogP contribution in [0.4, 0.5) is 0 Å². The first-order valence-corrected chi connectivity index (χ1v) is 7.22. The maximum Gasteiger partial charge on any atom is 0.248 e. The molecule has 2 saturated heterocycles. The number of likely N-dealkylation sites (N-methyl/N-ethyl adjacent to an activating group) is 1. The van der Waals surface area contributed by atoms with Gasteiger partial charge in [0.1, 0.15) is 6.10 Å². The predicted octanol–water partition coefficient (Wildman–Crippen LogP) is 0.145. The van der Waals surface area contributed by atoms with Crippen LogP contribution in [0.3, 0.4) is 0 Å². The van der Waals surface area contributed by atoms with Gasteiger partial charge in [0.15, 0.2) is 0 Å². The summed E-state index contributed by atoms with van der Waals surface area (Å²) >= 11 is 0. The summed E-state index contributed by atoms with van der Waals surface area (Å²) in [5, 5.41) is 6.88. The topological polar surface area (TPSA) is 59.4 Å². The second-order valence-corrected chi connectivity index (χ2v) is 5.82. The summed E-state index contributed by atoms with van der Waals surface area (Å²) in [6, 6.07) is 0. The third kappa shape index (κ3) is 2.71. The number of aryl methyl sites for hydroxylation is 1. The van der Waals surface area contributed by atoms with Crippen LogP contribution < -0.4 is 5.32 Å². The van der Waals surface area contributed by atoms with Crippen molar-refractivity contribution in [2.75, 3.05) is 20.1 Å². The van der Waals surface area contributed by atoms with E-state index in [9.17, 15) is 4.79 Å². The number of carbonyl (C=O) groups is 1. The van der Waals surface area contributed by atoms with Crippen LogP contribution in [0.1, 0.15) is 18.4 Å². The first kappa shape index (κ1) is 13.6. The highest BCUT2D eigenvalue weighted by Crippen LogP contribution is 2.33. The van der Waals surface area contributed by atoms with Gasteiger partial charge in [-0.2, -0.15) is 5.10 Å². The molecule has 2 aliphatic heterocycles. The number of ether oxygens (including phenoxy) is 1. The second-order valence-electron chi connectivity index (χ2n) is 5.82. The van der Waals surface area contributed by atoms with E-state index in [1.54, 1.807) is 7.05 Å². The number of carbonyl (C=O) groups excluding carboxylic acids is 1. The van der Waals surface area contributed by atoms with E-state index >= 15 is 0 Å². The van der Waals surface area contributed by atoms with Gasteiger partial charge in [0.25, 0.3) is 0 Å². The van der Waals surface area contributed by atoms with Gasteiger partial charge < -0.3 is 10.1 Å². The molecule has 1 aromatic heterocycles. The third-order valence-electron chi connectivity index (χ3n) is 4.34. The first-order chi connectivity index (χ1) is 9.65. The number of amides is 1. The van der Waals surface area contributed by atoms with Crippen LogP contribution in [-0.4, -0.2) is 52.9 Å². The van der Waals surface area contributed by atoms with E-state index in [4.69, 9.17) is 4.74 Å². The Bertz CT molecular complexity index is 487. The summed E-state index contributed by atoms with van der Waals surface area (Å²) in [5.74, 6) is 0.542. The Hall–Kier alpha value is -1.40. The number of piperidine rings is 1. The number of aromatic nitrogens is 2. The van der Waals surface area contributed by atoms with E-state index in [1.807, 2.05) is 17.9 Å². The summed E-state index contributed by atoms with van der Waals surface area (Å²) in [5.41, 5.74) is 1.23. The molecule has 2 fully saturated rings. The van der Waals surface area contributed by atoms with Crippen LogP contribution in [-0.2, 0) is 23.1 Å². The molecule has 2 aliphatic rings. The summed E-state index contributed by atoms with van der Waals surface area (Å²) in [6.07, 6.45) is 5.88. The lowest BCUT2D eigenvalue weighted by Gasteiger charge is -2.33. The van der Waals surface area contributed by atoms with Gasteiger partial charge in [-0.25, -0.2) is 0 Å². The number of fused-ring (bicyclic) bond motifs is 1. The average Bonchev–Trinajstić information content (AvgIpc) is 3.03. The summed E-state index contributed by atoms with van der Waals surface area (Å²) < 4.78 is 7.75. The molecular weight excluding hydrogens is 256 g/mol. The number of nitrogens with one attached hydrogen (secondary N) is 1. The van der Waals surface area contributed by atoms with Gasteiger partial charge >= 0.3 is 0 Å². The molecule has 20 heavy (non-hydrogen) atoms. The molecule has 1 N–H and O–H groups in total. The van der Waals surface area contributed by atoms with Gasteiger partial charge in [-0.15, -0.1) is 0 Å². The minimum absolute atomic E-state index is 0.0122. The number of nitrogens with zero attached hydrogens (tertiary/aromatic N) is 3. The molecule has 0 radical (unpaired) electrons. The normalized spacial score (nSPS) is 30.2. The average molecular weight is 278 g/mol. The monoisotopic (exact) mass is 278 g/mol. The fourth-order valence-electron chi connectivity index (χ4n) is 3.28. The van der Waals surface area contributed by atoms with Crippen molar-refractivity contribution < 1.29 is 9.53 Å².